The van der Waals surface area contributed by atoms with Gasteiger partial charge in [0.25, 0.3) is 0 Å². The van der Waals surface area contributed by atoms with Crippen LogP contribution in [0.2, 0.25) is 0 Å². The quantitative estimate of drug-likeness (QED) is 0.645. The molecule has 3 heteroatoms. The van der Waals surface area contributed by atoms with Gasteiger partial charge in [0.05, 0.1) is 6.04 Å². The van der Waals surface area contributed by atoms with Crippen molar-refractivity contribution < 1.29 is 4.79 Å². The summed E-state index contributed by atoms with van der Waals surface area (Å²) in [6.45, 7) is 0.967. The zero-order valence-corrected chi connectivity index (χ0v) is 7.55. The van der Waals surface area contributed by atoms with E-state index < -0.39 is 0 Å². The van der Waals surface area contributed by atoms with Crippen molar-refractivity contribution in [1.82, 2.24) is 10.2 Å². The summed E-state index contributed by atoms with van der Waals surface area (Å²) in [6, 6.07) is 0.682. The van der Waals surface area contributed by atoms with Gasteiger partial charge < -0.3 is 10.2 Å². The van der Waals surface area contributed by atoms with Gasteiger partial charge in [-0.3, -0.25) is 4.79 Å². The summed E-state index contributed by atoms with van der Waals surface area (Å²) in [5.41, 5.74) is 0. The van der Waals surface area contributed by atoms with Crippen LogP contribution in [0.1, 0.15) is 25.7 Å². The van der Waals surface area contributed by atoms with Crippen LogP contribution in [-0.2, 0) is 4.79 Å². The lowest BCUT2D eigenvalue weighted by molar-refractivity contribution is -0.132. The molecule has 0 radical (unpaired) electrons. The van der Waals surface area contributed by atoms with Gasteiger partial charge in [-0.15, -0.1) is 0 Å². The number of likely N-dealkylation sites (tertiary alicyclic amines) is 1. The van der Waals surface area contributed by atoms with E-state index in [9.17, 15) is 4.79 Å². The van der Waals surface area contributed by atoms with Crippen molar-refractivity contribution in [3.8, 4) is 0 Å². The minimum atomic E-state index is 0.102. The van der Waals surface area contributed by atoms with Crippen molar-refractivity contribution in [2.45, 2.75) is 37.8 Å². The molecule has 1 aliphatic carbocycles. The fraction of sp³-hybridized carbons (Fsp3) is 0.889. The van der Waals surface area contributed by atoms with Crippen molar-refractivity contribution >= 4 is 5.91 Å². The first-order chi connectivity index (χ1) is 5.83. The number of carbonyl (C=O) groups is 1. The Hall–Kier alpha value is -0.570. The highest BCUT2D eigenvalue weighted by Crippen LogP contribution is 2.28. The minimum absolute atomic E-state index is 0.102. The maximum atomic E-state index is 11.6. The van der Waals surface area contributed by atoms with Gasteiger partial charge in [0.1, 0.15) is 0 Å². The SMILES string of the molecule is CNC1CCN(C2CCC2)C1=O. The zero-order valence-electron chi connectivity index (χ0n) is 7.55. The number of nitrogens with zero attached hydrogens (tertiary/aromatic N) is 1. The van der Waals surface area contributed by atoms with E-state index in [0.29, 0.717) is 11.9 Å². The van der Waals surface area contributed by atoms with Crippen molar-refractivity contribution in [2.24, 2.45) is 0 Å². The Morgan fingerprint density at radius 1 is 1.42 bits per heavy atom. The number of hydrogen-bond acceptors (Lipinski definition) is 2. The van der Waals surface area contributed by atoms with Gasteiger partial charge in [-0.05, 0) is 32.7 Å². The molecule has 12 heavy (non-hydrogen) atoms. The summed E-state index contributed by atoms with van der Waals surface area (Å²) in [4.78, 5) is 13.7. The second-order valence-corrected chi connectivity index (χ2v) is 3.75. The van der Waals surface area contributed by atoms with E-state index in [1.165, 1.54) is 19.3 Å². The lowest BCUT2D eigenvalue weighted by Gasteiger charge is -2.34. The summed E-state index contributed by atoms with van der Waals surface area (Å²) in [5, 5.41) is 3.06. The largest absolute Gasteiger partial charge is 0.338 e. The second-order valence-electron chi connectivity index (χ2n) is 3.75. The maximum Gasteiger partial charge on any atom is 0.240 e. The van der Waals surface area contributed by atoms with Crippen LogP contribution < -0.4 is 5.32 Å². The fourth-order valence-electron chi connectivity index (χ4n) is 2.03. The highest BCUT2D eigenvalue weighted by atomic mass is 16.2. The van der Waals surface area contributed by atoms with E-state index in [1.54, 1.807) is 0 Å². The molecule has 1 N–H and O–H groups in total. The average molecular weight is 168 g/mol. The number of hydrogen-bond donors (Lipinski definition) is 1. The Labute approximate surface area is 73.1 Å². The predicted octanol–water partition coefficient (Wildman–Crippen LogP) is 0.359. The standard InChI is InChI=1S/C9H16N2O/c1-10-8-5-6-11(9(8)12)7-3-2-4-7/h7-8,10H,2-6H2,1H3. The molecule has 0 aromatic carbocycles. The van der Waals surface area contributed by atoms with E-state index in [-0.39, 0.29) is 6.04 Å². The molecule has 1 atom stereocenters. The molecule has 0 bridgehead atoms. The molecule has 2 aliphatic rings. The maximum absolute atomic E-state index is 11.6. The Balaban J connectivity index is 1.96. The van der Waals surface area contributed by atoms with Crippen molar-refractivity contribution in [3.63, 3.8) is 0 Å². The Kier molecular flexibility index (Phi) is 2.05. The monoisotopic (exact) mass is 168 g/mol. The molecular formula is C9H16N2O. The van der Waals surface area contributed by atoms with Crippen molar-refractivity contribution in [3.05, 3.63) is 0 Å². The van der Waals surface area contributed by atoms with Crippen LogP contribution in [0.3, 0.4) is 0 Å². The molecule has 1 saturated carbocycles. The zero-order chi connectivity index (χ0) is 8.55. The third kappa shape index (κ3) is 1.12. The summed E-state index contributed by atoms with van der Waals surface area (Å²) in [5.74, 6) is 0.321. The molecule has 1 unspecified atom stereocenters. The van der Waals surface area contributed by atoms with Crippen LogP contribution in [0, 0.1) is 0 Å². The van der Waals surface area contributed by atoms with Gasteiger partial charge in [0.15, 0.2) is 0 Å². The molecule has 3 nitrogen and oxygen atoms in total. The summed E-state index contributed by atoms with van der Waals surface area (Å²) in [6.07, 6.45) is 4.74. The highest BCUT2D eigenvalue weighted by molar-refractivity contribution is 5.84. The normalized spacial score (nSPS) is 30.9. The topological polar surface area (TPSA) is 32.3 Å². The number of rotatable bonds is 2. The first kappa shape index (κ1) is 8.05. The molecule has 1 amide bonds. The molecule has 1 saturated heterocycles. The molecule has 2 rings (SSSR count). The van der Waals surface area contributed by atoms with E-state index in [4.69, 9.17) is 0 Å². The number of amides is 1. The highest BCUT2D eigenvalue weighted by Gasteiger charge is 2.36. The van der Waals surface area contributed by atoms with Crippen LogP contribution in [0.4, 0.5) is 0 Å². The van der Waals surface area contributed by atoms with Gasteiger partial charge in [-0.2, -0.15) is 0 Å². The Bertz CT molecular complexity index is 189. The number of carbonyl (C=O) groups excluding carboxylic acids is 1. The third-order valence-corrected chi connectivity index (χ3v) is 3.10. The van der Waals surface area contributed by atoms with Gasteiger partial charge in [-0.25, -0.2) is 0 Å². The van der Waals surface area contributed by atoms with E-state index in [0.717, 1.165) is 13.0 Å². The molecular weight excluding hydrogens is 152 g/mol. The smallest absolute Gasteiger partial charge is 0.240 e. The minimum Gasteiger partial charge on any atom is -0.338 e. The van der Waals surface area contributed by atoms with Crippen LogP contribution in [-0.4, -0.2) is 36.5 Å². The van der Waals surface area contributed by atoms with E-state index in [2.05, 4.69) is 10.2 Å². The molecule has 1 aliphatic heterocycles. The fourth-order valence-corrected chi connectivity index (χ4v) is 2.03. The second kappa shape index (κ2) is 3.05. The van der Waals surface area contributed by atoms with Crippen LogP contribution in [0.5, 0.6) is 0 Å². The van der Waals surface area contributed by atoms with Gasteiger partial charge in [0.2, 0.25) is 5.91 Å². The van der Waals surface area contributed by atoms with Gasteiger partial charge in [0, 0.05) is 12.6 Å². The Morgan fingerprint density at radius 2 is 2.17 bits per heavy atom. The average Bonchev–Trinajstić information content (AvgIpc) is 2.30. The van der Waals surface area contributed by atoms with Crippen LogP contribution >= 0.6 is 0 Å². The molecule has 0 spiro atoms. The number of nitrogens with one attached hydrogen (secondary N) is 1. The molecule has 2 fully saturated rings. The summed E-state index contributed by atoms with van der Waals surface area (Å²) in [7, 11) is 1.87. The summed E-state index contributed by atoms with van der Waals surface area (Å²) >= 11 is 0. The number of likely N-dealkylation sites (N-methyl/N-ethyl adjacent to an activating group) is 1. The van der Waals surface area contributed by atoms with Gasteiger partial charge >= 0.3 is 0 Å². The van der Waals surface area contributed by atoms with Crippen LogP contribution in [0.15, 0.2) is 0 Å². The Morgan fingerprint density at radius 3 is 2.58 bits per heavy atom. The van der Waals surface area contributed by atoms with Crippen LogP contribution in [0.25, 0.3) is 0 Å². The van der Waals surface area contributed by atoms with Gasteiger partial charge in [-0.1, -0.05) is 0 Å². The van der Waals surface area contributed by atoms with E-state index >= 15 is 0 Å². The van der Waals surface area contributed by atoms with Crippen molar-refractivity contribution in [1.29, 1.82) is 0 Å². The molecule has 0 aromatic heterocycles. The lowest BCUT2D eigenvalue weighted by Crippen LogP contribution is -2.44. The van der Waals surface area contributed by atoms with Crippen molar-refractivity contribution in [2.75, 3.05) is 13.6 Å². The van der Waals surface area contributed by atoms with E-state index in [1.807, 2.05) is 7.05 Å². The summed E-state index contributed by atoms with van der Waals surface area (Å²) < 4.78 is 0. The third-order valence-electron chi connectivity index (χ3n) is 3.10. The first-order valence-electron chi connectivity index (χ1n) is 4.80. The lowest BCUT2D eigenvalue weighted by atomic mass is 9.92. The molecule has 1 heterocycles. The molecule has 0 aromatic rings. The first-order valence-corrected chi connectivity index (χ1v) is 4.80. The molecule has 68 valence electrons. The predicted molar refractivity (Wildman–Crippen MR) is 46.8 cm³/mol.